The van der Waals surface area contributed by atoms with Gasteiger partial charge in [0, 0.05) is 24.6 Å². The number of hydrogen-bond donors (Lipinski definition) is 1. The fraction of sp³-hybridized carbons (Fsp3) is 0.286. The Kier molecular flexibility index (Phi) is 6.66. The van der Waals surface area contributed by atoms with Crippen molar-refractivity contribution in [3.8, 4) is 5.75 Å². The number of hydrogen-bond acceptors (Lipinski definition) is 4. The topological polar surface area (TPSA) is 71.0 Å². The van der Waals surface area contributed by atoms with Gasteiger partial charge in [0.2, 0.25) is 5.91 Å². The van der Waals surface area contributed by atoms with E-state index in [0.717, 1.165) is 5.56 Å². The van der Waals surface area contributed by atoms with Gasteiger partial charge in [-0.1, -0.05) is 35.9 Å². The number of nitrogens with one attached hydrogen (secondary N) is 1. The Morgan fingerprint density at radius 1 is 1.14 bits per heavy atom. The van der Waals surface area contributed by atoms with E-state index in [-0.39, 0.29) is 17.7 Å². The molecule has 0 bridgehead atoms. The van der Waals surface area contributed by atoms with E-state index < -0.39 is 0 Å². The monoisotopic (exact) mass is 399 g/mol. The molecule has 1 fully saturated rings. The van der Waals surface area contributed by atoms with Crippen LogP contribution in [0.3, 0.4) is 0 Å². The Labute approximate surface area is 169 Å². The van der Waals surface area contributed by atoms with E-state index in [1.54, 1.807) is 42.5 Å². The number of piperidine rings is 1. The summed E-state index contributed by atoms with van der Waals surface area (Å²) in [5.41, 5.74) is 3.86. The van der Waals surface area contributed by atoms with Gasteiger partial charge < -0.3 is 9.64 Å². The zero-order valence-electron chi connectivity index (χ0n) is 15.6. The predicted octanol–water partition coefficient (Wildman–Crippen LogP) is 3.35. The number of methoxy groups -OCH3 is 1. The molecule has 28 heavy (non-hydrogen) atoms. The smallest absolute Gasteiger partial charge is 0.255 e. The molecule has 2 aromatic carbocycles. The summed E-state index contributed by atoms with van der Waals surface area (Å²) >= 11 is 6.11. The summed E-state index contributed by atoms with van der Waals surface area (Å²) in [6, 6.07) is 14.4. The second-order valence-electron chi connectivity index (χ2n) is 6.52. The molecule has 1 saturated heterocycles. The van der Waals surface area contributed by atoms with Crippen molar-refractivity contribution in [3.05, 3.63) is 64.7 Å². The number of nitrogens with zero attached hydrogens (tertiary/aromatic N) is 2. The highest BCUT2D eigenvalue weighted by molar-refractivity contribution is 6.33. The number of hydrazone groups is 1. The number of amides is 2. The lowest BCUT2D eigenvalue weighted by atomic mass is 9.95. The van der Waals surface area contributed by atoms with Crippen LogP contribution in [0.15, 0.2) is 53.6 Å². The van der Waals surface area contributed by atoms with Crippen LogP contribution in [0.25, 0.3) is 0 Å². The van der Waals surface area contributed by atoms with Crippen molar-refractivity contribution in [1.29, 1.82) is 0 Å². The molecule has 1 heterocycles. The normalized spacial score (nSPS) is 14.9. The van der Waals surface area contributed by atoms with Crippen molar-refractivity contribution < 1.29 is 14.3 Å². The molecule has 2 aromatic rings. The first kappa shape index (κ1) is 19.9. The molecule has 0 aliphatic carbocycles. The summed E-state index contributed by atoms with van der Waals surface area (Å²) in [4.78, 5) is 26.7. The largest absolute Gasteiger partial charge is 0.496 e. The molecule has 1 N–H and O–H groups in total. The molecule has 0 aromatic heterocycles. The van der Waals surface area contributed by atoms with Gasteiger partial charge in [-0.05, 0) is 37.1 Å². The molecule has 7 heteroatoms. The maximum absolute atomic E-state index is 12.6. The summed E-state index contributed by atoms with van der Waals surface area (Å²) in [5.74, 6) is 0.270. The van der Waals surface area contributed by atoms with Crippen molar-refractivity contribution in [2.45, 2.75) is 12.8 Å². The number of carbonyl (C=O) groups excluding carboxylic acids is 2. The van der Waals surface area contributed by atoms with Crippen LogP contribution in [0.2, 0.25) is 5.02 Å². The quantitative estimate of drug-likeness (QED) is 0.619. The van der Waals surface area contributed by atoms with Crippen LogP contribution in [-0.2, 0) is 4.79 Å². The van der Waals surface area contributed by atoms with E-state index in [9.17, 15) is 9.59 Å². The zero-order chi connectivity index (χ0) is 19.9. The summed E-state index contributed by atoms with van der Waals surface area (Å²) in [6.45, 7) is 1.02. The molecule has 146 valence electrons. The minimum Gasteiger partial charge on any atom is -0.496 e. The molecule has 0 atom stereocenters. The summed E-state index contributed by atoms with van der Waals surface area (Å²) in [6.07, 6.45) is 2.74. The lowest BCUT2D eigenvalue weighted by molar-refractivity contribution is -0.126. The van der Waals surface area contributed by atoms with Crippen LogP contribution in [0.5, 0.6) is 5.75 Å². The molecule has 3 rings (SSSR count). The molecular formula is C21H22ClN3O3. The Balaban J connectivity index is 1.52. The number of carbonyl (C=O) groups is 2. The molecule has 2 amide bonds. The van der Waals surface area contributed by atoms with Crippen LogP contribution in [0, 0.1) is 5.92 Å². The fourth-order valence-electron chi connectivity index (χ4n) is 3.18. The minimum atomic E-state index is -0.176. The third-order valence-corrected chi connectivity index (χ3v) is 5.10. The van der Waals surface area contributed by atoms with Crippen molar-refractivity contribution in [1.82, 2.24) is 10.3 Å². The van der Waals surface area contributed by atoms with E-state index in [1.807, 2.05) is 24.3 Å². The molecule has 1 aliphatic rings. The Morgan fingerprint density at radius 3 is 2.54 bits per heavy atom. The first-order valence-electron chi connectivity index (χ1n) is 9.10. The van der Waals surface area contributed by atoms with Gasteiger partial charge in [-0.3, -0.25) is 9.59 Å². The number of benzene rings is 2. The maximum Gasteiger partial charge on any atom is 0.255 e. The SMILES string of the molecule is COc1ccccc1/C=N\NC(=O)C1CCN(C(=O)c2ccccc2Cl)CC1. The van der Waals surface area contributed by atoms with Crippen LogP contribution in [-0.4, -0.2) is 43.1 Å². The second kappa shape index (κ2) is 9.37. The third-order valence-electron chi connectivity index (χ3n) is 4.77. The standard InChI is InChI=1S/C21H22ClN3O3/c1-28-19-9-5-2-6-16(19)14-23-24-20(26)15-10-12-25(13-11-15)21(27)17-7-3-4-8-18(17)22/h2-9,14-15H,10-13H2,1H3,(H,24,26)/b23-14-. The van der Waals surface area contributed by atoms with Gasteiger partial charge in [0.1, 0.15) is 5.75 Å². The average molecular weight is 400 g/mol. The second-order valence-corrected chi connectivity index (χ2v) is 6.93. The number of halogens is 1. The molecule has 0 radical (unpaired) electrons. The van der Waals surface area contributed by atoms with Gasteiger partial charge in [-0.15, -0.1) is 0 Å². The van der Waals surface area contributed by atoms with Gasteiger partial charge in [0.25, 0.3) is 5.91 Å². The first-order chi connectivity index (χ1) is 13.6. The minimum absolute atomic E-state index is 0.0985. The number of likely N-dealkylation sites (tertiary alicyclic amines) is 1. The van der Waals surface area contributed by atoms with Crippen molar-refractivity contribution >= 4 is 29.6 Å². The zero-order valence-corrected chi connectivity index (χ0v) is 16.4. The highest BCUT2D eigenvalue weighted by Crippen LogP contribution is 2.22. The predicted molar refractivity (Wildman–Crippen MR) is 109 cm³/mol. The third kappa shape index (κ3) is 4.70. The van der Waals surface area contributed by atoms with E-state index in [0.29, 0.717) is 42.3 Å². The first-order valence-corrected chi connectivity index (χ1v) is 9.47. The lowest BCUT2D eigenvalue weighted by Crippen LogP contribution is -2.42. The van der Waals surface area contributed by atoms with E-state index in [2.05, 4.69) is 10.5 Å². The van der Waals surface area contributed by atoms with Crippen molar-refractivity contribution in [2.75, 3.05) is 20.2 Å². The van der Waals surface area contributed by atoms with Gasteiger partial charge in [-0.25, -0.2) is 5.43 Å². The van der Waals surface area contributed by atoms with Gasteiger partial charge >= 0.3 is 0 Å². The van der Waals surface area contributed by atoms with E-state index in [1.165, 1.54) is 0 Å². The summed E-state index contributed by atoms with van der Waals surface area (Å²) < 4.78 is 5.25. The molecule has 1 aliphatic heterocycles. The number of rotatable bonds is 5. The van der Waals surface area contributed by atoms with Crippen LogP contribution >= 0.6 is 11.6 Å². The lowest BCUT2D eigenvalue weighted by Gasteiger charge is -2.31. The highest BCUT2D eigenvalue weighted by Gasteiger charge is 2.28. The molecule has 0 spiro atoms. The molecule has 0 saturated carbocycles. The van der Waals surface area contributed by atoms with E-state index >= 15 is 0 Å². The molecular weight excluding hydrogens is 378 g/mol. The van der Waals surface area contributed by atoms with Gasteiger partial charge in [0.05, 0.1) is 23.9 Å². The number of ether oxygens (including phenoxy) is 1. The summed E-state index contributed by atoms with van der Waals surface area (Å²) in [7, 11) is 1.59. The van der Waals surface area contributed by atoms with E-state index in [4.69, 9.17) is 16.3 Å². The average Bonchev–Trinajstić information content (AvgIpc) is 2.74. The highest BCUT2D eigenvalue weighted by atomic mass is 35.5. The van der Waals surface area contributed by atoms with Crippen molar-refractivity contribution in [2.24, 2.45) is 11.0 Å². The maximum atomic E-state index is 12.6. The van der Waals surface area contributed by atoms with Gasteiger partial charge in [-0.2, -0.15) is 5.10 Å². The fourth-order valence-corrected chi connectivity index (χ4v) is 3.40. The molecule has 0 unspecified atom stereocenters. The van der Waals surface area contributed by atoms with Crippen LogP contribution in [0.4, 0.5) is 0 Å². The van der Waals surface area contributed by atoms with Crippen LogP contribution < -0.4 is 10.2 Å². The molecule has 6 nitrogen and oxygen atoms in total. The van der Waals surface area contributed by atoms with Gasteiger partial charge in [0.15, 0.2) is 0 Å². The summed E-state index contributed by atoms with van der Waals surface area (Å²) in [5, 5.41) is 4.48. The van der Waals surface area contributed by atoms with Crippen molar-refractivity contribution in [3.63, 3.8) is 0 Å². The number of para-hydroxylation sites is 1. The Hall–Kier alpha value is -2.86. The Morgan fingerprint density at radius 2 is 1.82 bits per heavy atom. The Bertz CT molecular complexity index is 877. The van der Waals surface area contributed by atoms with Crippen LogP contribution in [0.1, 0.15) is 28.8 Å².